The van der Waals surface area contributed by atoms with Gasteiger partial charge < -0.3 is 10.1 Å². The van der Waals surface area contributed by atoms with Crippen molar-refractivity contribution in [1.29, 1.82) is 0 Å². The minimum absolute atomic E-state index is 0.214. The molecule has 1 aromatic rings. The lowest BCUT2D eigenvalue weighted by molar-refractivity contribution is 0.147. The fraction of sp³-hybridized carbons (Fsp3) is 0.643. The average Bonchev–Trinajstić information content (AvgIpc) is 2.76. The first kappa shape index (κ1) is 15.7. The summed E-state index contributed by atoms with van der Waals surface area (Å²) in [5.74, 6) is 0.827. The van der Waals surface area contributed by atoms with Gasteiger partial charge in [0.1, 0.15) is 5.82 Å². The Hall–Kier alpha value is -1.73. The smallest absolute Gasteiger partial charge is 0.336 e. The van der Waals surface area contributed by atoms with Crippen molar-refractivity contribution in [3.63, 3.8) is 0 Å². The molecule has 2 amide bonds. The highest BCUT2D eigenvalue weighted by atomic mass is 16.5. The Labute approximate surface area is 125 Å². The number of aryl methyl sites for hydroxylation is 2. The highest BCUT2D eigenvalue weighted by Gasteiger charge is 2.16. The van der Waals surface area contributed by atoms with Crippen LogP contribution in [0.5, 0.6) is 0 Å². The van der Waals surface area contributed by atoms with Crippen molar-refractivity contribution in [2.75, 3.05) is 31.6 Å². The van der Waals surface area contributed by atoms with Crippen LogP contribution >= 0.6 is 0 Å². The van der Waals surface area contributed by atoms with Crippen LogP contribution in [0.4, 0.5) is 10.5 Å². The Morgan fingerprint density at radius 2 is 2.38 bits per heavy atom. The van der Waals surface area contributed by atoms with Crippen LogP contribution in [0.3, 0.4) is 0 Å². The molecule has 1 aliphatic heterocycles. The Morgan fingerprint density at radius 1 is 1.52 bits per heavy atom. The first-order valence-corrected chi connectivity index (χ1v) is 7.43. The summed E-state index contributed by atoms with van der Waals surface area (Å²) in [7, 11) is 0. The summed E-state index contributed by atoms with van der Waals surface area (Å²) in [6, 6.07) is -0.214. The van der Waals surface area contributed by atoms with Gasteiger partial charge in [-0.2, -0.15) is 0 Å². The molecule has 2 heterocycles. The van der Waals surface area contributed by atoms with Crippen molar-refractivity contribution in [1.82, 2.24) is 20.4 Å². The zero-order valence-electron chi connectivity index (χ0n) is 12.7. The molecule has 2 N–H and O–H groups in total. The summed E-state index contributed by atoms with van der Waals surface area (Å²) in [4.78, 5) is 20.9. The highest BCUT2D eigenvalue weighted by molar-refractivity contribution is 5.89. The first-order chi connectivity index (χ1) is 10.2. The van der Waals surface area contributed by atoms with E-state index in [4.69, 9.17) is 4.74 Å². The standard InChI is InChI=1S/C14H23N5O2/c1-3-4-5-13-15-10-12(11(2)17-13)18-14(20)19-7-9-21-8-6-16-19/h10,16H,3-9H2,1-2H3,(H,18,20). The van der Waals surface area contributed by atoms with E-state index in [0.717, 1.165) is 30.8 Å². The molecule has 0 bridgehead atoms. The zero-order valence-corrected chi connectivity index (χ0v) is 12.7. The lowest BCUT2D eigenvalue weighted by atomic mass is 10.2. The maximum Gasteiger partial charge on any atom is 0.336 e. The number of hydrogen-bond acceptors (Lipinski definition) is 5. The quantitative estimate of drug-likeness (QED) is 0.879. The van der Waals surface area contributed by atoms with E-state index >= 15 is 0 Å². The molecular weight excluding hydrogens is 270 g/mol. The number of unbranched alkanes of at least 4 members (excludes halogenated alkanes) is 1. The molecule has 0 spiro atoms. The zero-order chi connectivity index (χ0) is 15.1. The lowest BCUT2D eigenvalue weighted by Crippen LogP contribution is -2.46. The van der Waals surface area contributed by atoms with E-state index in [1.165, 1.54) is 5.01 Å². The minimum atomic E-state index is -0.214. The third kappa shape index (κ3) is 4.64. The number of amides is 2. The number of urea groups is 1. The number of anilines is 1. The number of carbonyl (C=O) groups is 1. The van der Waals surface area contributed by atoms with Crippen molar-refractivity contribution in [3.8, 4) is 0 Å². The number of rotatable bonds is 4. The number of nitrogens with one attached hydrogen (secondary N) is 2. The number of carbonyl (C=O) groups excluding carboxylic acids is 1. The summed E-state index contributed by atoms with van der Waals surface area (Å²) >= 11 is 0. The molecule has 1 aromatic heterocycles. The second-order valence-electron chi connectivity index (χ2n) is 4.99. The van der Waals surface area contributed by atoms with E-state index in [1.807, 2.05) is 6.92 Å². The van der Waals surface area contributed by atoms with Gasteiger partial charge in [-0.1, -0.05) is 13.3 Å². The van der Waals surface area contributed by atoms with Crippen molar-refractivity contribution >= 4 is 11.7 Å². The molecule has 0 aliphatic carbocycles. The van der Waals surface area contributed by atoms with Gasteiger partial charge in [-0.25, -0.2) is 20.2 Å². The van der Waals surface area contributed by atoms with E-state index in [-0.39, 0.29) is 6.03 Å². The van der Waals surface area contributed by atoms with E-state index in [1.54, 1.807) is 6.20 Å². The van der Waals surface area contributed by atoms with E-state index in [2.05, 4.69) is 27.6 Å². The van der Waals surface area contributed by atoms with Gasteiger partial charge in [0, 0.05) is 13.0 Å². The second kappa shape index (κ2) is 7.90. The van der Waals surface area contributed by atoms with Gasteiger partial charge in [-0.3, -0.25) is 5.01 Å². The van der Waals surface area contributed by atoms with Crippen LogP contribution in [0.2, 0.25) is 0 Å². The molecule has 0 saturated carbocycles. The normalized spacial score (nSPS) is 15.6. The fourth-order valence-electron chi connectivity index (χ4n) is 2.04. The topological polar surface area (TPSA) is 79.4 Å². The van der Waals surface area contributed by atoms with Crippen LogP contribution in [-0.2, 0) is 11.2 Å². The van der Waals surface area contributed by atoms with Gasteiger partial charge in [0.15, 0.2) is 0 Å². The van der Waals surface area contributed by atoms with Crippen molar-refractivity contribution < 1.29 is 9.53 Å². The predicted molar refractivity (Wildman–Crippen MR) is 79.9 cm³/mol. The molecule has 116 valence electrons. The second-order valence-corrected chi connectivity index (χ2v) is 4.99. The van der Waals surface area contributed by atoms with Crippen molar-refractivity contribution in [2.45, 2.75) is 33.1 Å². The first-order valence-electron chi connectivity index (χ1n) is 7.43. The summed E-state index contributed by atoms with van der Waals surface area (Å²) in [5, 5.41) is 4.36. The third-order valence-electron chi connectivity index (χ3n) is 3.28. The van der Waals surface area contributed by atoms with Crippen LogP contribution in [0, 0.1) is 6.92 Å². The third-order valence-corrected chi connectivity index (χ3v) is 3.28. The van der Waals surface area contributed by atoms with Crippen LogP contribution in [0.15, 0.2) is 6.20 Å². The number of hydrazine groups is 1. The predicted octanol–water partition coefficient (Wildman–Crippen LogP) is 1.50. The number of nitrogens with zero attached hydrogens (tertiary/aromatic N) is 3. The molecule has 1 fully saturated rings. The summed E-state index contributed by atoms with van der Waals surface area (Å²) < 4.78 is 5.29. The van der Waals surface area contributed by atoms with Crippen LogP contribution in [-0.4, -0.2) is 47.3 Å². The molecule has 0 unspecified atom stereocenters. The Balaban J connectivity index is 1.96. The minimum Gasteiger partial charge on any atom is -0.378 e. The Kier molecular flexibility index (Phi) is 5.89. The molecule has 0 radical (unpaired) electrons. The van der Waals surface area contributed by atoms with Crippen molar-refractivity contribution in [3.05, 3.63) is 17.7 Å². The van der Waals surface area contributed by atoms with Crippen LogP contribution < -0.4 is 10.7 Å². The van der Waals surface area contributed by atoms with E-state index < -0.39 is 0 Å². The highest BCUT2D eigenvalue weighted by Crippen LogP contribution is 2.12. The molecular formula is C14H23N5O2. The number of aromatic nitrogens is 2. The largest absolute Gasteiger partial charge is 0.378 e. The summed E-state index contributed by atoms with van der Waals surface area (Å²) in [6.07, 6.45) is 4.74. The Morgan fingerprint density at radius 3 is 3.14 bits per heavy atom. The maximum absolute atomic E-state index is 12.2. The number of hydrogen-bond donors (Lipinski definition) is 2. The molecule has 7 heteroatoms. The molecule has 7 nitrogen and oxygen atoms in total. The number of ether oxygens (including phenoxy) is 1. The molecule has 1 saturated heterocycles. The lowest BCUT2D eigenvalue weighted by Gasteiger charge is -2.21. The van der Waals surface area contributed by atoms with E-state index in [9.17, 15) is 4.79 Å². The molecule has 0 aromatic carbocycles. The van der Waals surface area contributed by atoms with Crippen molar-refractivity contribution in [2.24, 2.45) is 0 Å². The SMILES string of the molecule is CCCCc1ncc(NC(=O)N2CCOCCN2)c(C)n1. The van der Waals surface area contributed by atoms with Gasteiger partial charge in [0.05, 0.1) is 37.3 Å². The molecule has 2 rings (SSSR count). The Bertz CT molecular complexity index is 472. The van der Waals surface area contributed by atoms with E-state index in [0.29, 0.717) is 32.0 Å². The van der Waals surface area contributed by atoms with Gasteiger partial charge in [-0.15, -0.1) is 0 Å². The van der Waals surface area contributed by atoms with Gasteiger partial charge >= 0.3 is 6.03 Å². The average molecular weight is 293 g/mol. The molecule has 0 atom stereocenters. The van der Waals surface area contributed by atoms with Gasteiger partial charge in [0.25, 0.3) is 0 Å². The maximum atomic E-state index is 12.2. The fourth-order valence-corrected chi connectivity index (χ4v) is 2.04. The van der Waals surface area contributed by atoms with Crippen LogP contribution in [0.25, 0.3) is 0 Å². The summed E-state index contributed by atoms with van der Waals surface area (Å²) in [6.45, 7) is 6.30. The monoisotopic (exact) mass is 293 g/mol. The van der Waals surface area contributed by atoms with Crippen LogP contribution in [0.1, 0.15) is 31.3 Å². The molecule has 21 heavy (non-hydrogen) atoms. The molecule has 1 aliphatic rings. The van der Waals surface area contributed by atoms with Gasteiger partial charge in [-0.05, 0) is 13.3 Å². The summed E-state index contributed by atoms with van der Waals surface area (Å²) in [5.41, 5.74) is 4.45. The van der Waals surface area contributed by atoms with Gasteiger partial charge in [0.2, 0.25) is 0 Å².